The molecule has 0 aromatic rings. The fourth-order valence-corrected chi connectivity index (χ4v) is 0.843. The topological polar surface area (TPSA) is 30.5 Å². The molecule has 0 aromatic carbocycles. The van der Waals surface area contributed by atoms with Crippen LogP contribution in [-0.2, 0) is 9.47 Å². The monoisotopic (exact) mass is 189 g/mol. The third-order valence-corrected chi connectivity index (χ3v) is 1.44. The smallest absolute Gasteiger partial charge is 0.0599 e. The Morgan fingerprint density at radius 1 is 1.08 bits per heavy atom. The molecular formula is C10H23NO2. The Morgan fingerprint density at radius 3 is 2.23 bits per heavy atom. The molecule has 3 heteroatoms. The lowest BCUT2D eigenvalue weighted by Crippen LogP contribution is -2.28. The first-order chi connectivity index (χ1) is 6.06. The Balaban J connectivity index is 3.00. The fraction of sp³-hybridized carbons (Fsp3) is 1.00. The second-order valence-corrected chi connectivity index (χ2v) is 3.91. The maximum absolute atomic E-state index is 5.53. The molecule has 0 bridgehead atoms. The molecule has 0 unspecified atom stereocenters. The molecule has 80 valence electrons. The maximum atomic E-state index is 5.53. The summed E-state index contributed by atoms with van der Waals surface area (Å²) in [5.41, 5.74) is -0.0262. The van der Waals surface area contributed by atoms with Crippen molar-refractivity contribution >= 4 is 0 Å². The molecule has 0 heterocycles. The average Bonchev–Trinajstić information content (AvgIpc) is 2.01. The normalized spacial score (nSPS) is 12.0. The highest BCUT2D eigenvalue weighted by Gasteiger charge is 2.08. The second-order valence-electron chi connectivity index (χ2n) is 3.91. The van der Waals surface area contributed by atoms with Gasteiger partial charge in [0.25, 0.3) is 0 Å². The van der Waals surface area contributed by atoms with Crippen LogP contribution in [0.25, 0.3) is 0 Å². The van der Waals surface area contributed by atoms with Crippen molar-refractivity contribution in [3.8, 4) is 0 Å². The van der Waals surface area contributed by atoms with E-state index in [-0.39, 0.29) is 5.60 Å². The van der Waals surface area contributed by atoms with Crippen LogP contribution in [-0.4, -0.2) is 38.5 Å². The minimum absolute atomic E-state index is 0.0262. The van der Waals surface area contributed by atoms with Crippen molar-refractivity contribution in [3.05, 3.63) is 0 Å². The summed E-state index contributed by atoms with van der Waals surface area (Å²) in [7, 11) is 0. The quantitative estimate of drug-likeness (QED) is 0.615. The summed E-state index contributed by atoms with van der Waals surface area (Å²) in [5, 5.41) is 3.24. The number of ether oxygens (including phenoxy) is 2. The maximum Gasteiger partial charge on any atom is 0.0599 e. The van der Waals surface area contributed by atoms with Gasteiger partial charge in [0, 0.05) is 19.7 Å². The highest BCUT2D eigenvalue weighted by atomic mass is 16.5. The zero-order valence-corrected chi connectivity index (χ0v) is 9.35. The van der Waals surface area contributed by atoms with Crippen LogP contribution >= 0.6 is 0 Å². The van der Waals surface area contributed by atoms with Crippen LogP contribution in [0.15, 0.2) is 0 Å². The van der Waals surface area contributed by atoms with Crippen molar-refractivity contribution in [2.45, 2.75) is 33.3 Å². The Kier molecular flexibility index (Phi) is 7.23. The van der Waals surface area contributed by atoms with Crippen molar-refractivity contribution in [2.75, 3.05) is 32.9 Å². The first-order valence-electron chi connectivity index (χ1n) is 4.98. The largest absolute Gasteiger partial charge is 0.380 e. The third-order valence-electron chi connectivity index (χ3n) is 1.44. The zero-order chi connectivity index (χ0) is 10.2. The van der Waals surface area contributed by atoms with E-state index in [0.717, 1.165) is 32.9 Å². The van der Waals surface area contributed by atoms with Gasteiger partial charge in [-0.3, -0.25) is 0 Å². The summed E-state index contributed by atoms with van der Waals surface area (Å²) in [5.74, 6) is 0. The standard InChI is InChI=1S/C10H23NO2/c1-5-12-8-6-11-7-9-13-10(2,3)4/h11H,5-9H2,1-4H3. The van der Waals surface area contributed by atoms with Crippen LogP contribution in [0.3, 0.4) is 0 Å². The van der Waals surface area contributed by atoms with Gasteiger partial charge >= 0.3 is 0 Å². The van der Waals surface area contributed by atoms with E-state index in [0.29, 0.717) is 0 Å². The fourth-order valence-electron chi connectivity index (χ4n) is 0.843. The van der Waals surface area contributed by atoms with Crippen molar-refractivity contribution in [1.82, 2.24) is 5.32 Å². The van der Waals surface area contributed by atoms with Crippen molar-refractivity contribution in [3.63, 3.8) is 0 Å². The van der Waals surface area contributed by atoms with Crippen LogP contribution in [0, 0.1) is 0 Å². The molecule has 0 aliphatic carbocycles. The SMILES string of the molecule is CCOCCNCCOC(C)(C)C. The number of hydrogen-bond acceptors (Lipinski definition) is 3. The van der Waals surface area contributed by atoms with Gasteiger partial charge in [0.15, 0.2) is 0 Å². The number of hydrogen-bond donors (Lipinski definition) is 1. The van der Waals surface area contributed by atoms with Gasteiger partial charge in [-0.2, -0.15) is 0 Å². The predicted octanol–water partition coefficient (Wildman–Crippen LogP) is 1.43. The average molecular weight is 189 g/mol. The number of rotatable bonds is 7. The van der Waals surface area contributed by atoms with E-state index < -0.39 is 0 Å². The zero-order valence-electron chi connectivity index (χ0n) is 9.35. The van der Waals surface area contributed by atoms with Crippen LogP contribution in [0.5, 0.6) is 0 Å². The van der Waals surface area contributed by atoms with E-state index in [1.165, 1.54) is 0 Å². The molecule has 0 saturated carbocycles. The first kappa shape index (κ1) is 12.9. The van der Waals surface area contributed by atoms with Gasteiger partial charge in [-0.1, -0.05) is 0 Å². The lowest BCUT2D eigenvalue weighted by molar-refractivity contribution is -0.00125. The summed E-state index contributed by atoms with van der Waals surface area (Å²) in [4.78, 5) is 0. The minimum atomic E-state index is -0.0262. The molecule has 0 atom stereocenters. The summed E-state index contributed by atoms with van der Waals surface area (Å²) in [6.07, 6.45) is 0. The summed E-state index contributed by atoms with van der Waals surface area (Å²) in [6, 6.07) is 0. The molecule has 0 aliphatic heterocycles. The molecule has 3 nitrogen and oxygen atoms in total. The Bertz CT molecular complexity index is 110. The Labute approximate surface area is 81.8 Å². The van der Waals surface area contributed by atoms with Crippen molar-refractivity contribution < 1.29 is 9.47 Å². The van der Waals surface area contributed by atoms with Gasteiger partial charge in [-0.15, -0.1) is 0 Å². The highest BCUT2D eigenvalue weighted by Crippen LogP contribution is 2.04. The van der Waals surface area contributed by atoms with E-state index >= 15 is 0 Å². The first-order valence-corrected chi connectivity index (χ1v) is 4.98. The molecule has 0 fully saturated rings. The molecule has 0 radical (unpaired) electrons. The number of nitrogens with one attached hydrogen (secondary N) is 1. The van der Waals surface area contributed by atoms with Crippen molar-refractivity contribution in [2.24, 2.45) is 0 Å². The molecule has 0 spiro atoms. The van der Waals surface area contributed by atoms with Gasteiger partial charge in [-0.25, -0.2) is 0 Å². The lowest BCUT2D eigenvalue weighted by Gasteiger charge is -2.19. The van der Waals surface area contributed by atoms with Gasteiger partial charge < -0.3 is 14.8 Å². The minimum Gasteiger partial charge on any atom is -0.380 e. The second kappa shape index (κ2) is 7.30. The van der Waals surface area contributed by atoms with E-state index in [4.69, 9.17) is 9.47 Å². The molecule has 0 saturated heterocycles. The molecule has 1 N–H and O–H groups in total. The van der Waals surface area contributed by atoms with Crippen LogP contribution in [0.1, 0.15) is 27.7 Å². The van der Waals surface area contributed by atoms with E-state index in [9.17, 15) is 0 Å². The van der Waals surface area contributed by atoms with E-state index in [1.807, 2.05) is 6.92 Å². The molecule has 13 heavy (non-hydrogen) atoms. The van der Waals surface area contributed by atoms with Gasteiger partial charge in [0.05, 0.1) is 18.8 Å². The van der Waals surface area contributed by atoms with E-state index in [1.54, 1.807) is 0 Å². The molecule has 0 aromatic heterocycles. The van der Waals surface area contributed by atoms with Crippen LogP contribution in [0.2, 0.25) is 0 Å². The Morgan fingerprint density at radius 2 is 1.69 bits per heavy atom. The Hall–Kier alpha value is -0.120. The van der Waals surface area contributed by atoms with Crippen LogP contribution in [0.4, 0.5) is 0 Å². The highest BCUT2D eigenvalue weighted by molar-refractivity contribution is 4.59. The summed E-state index contributed by atoms with van der Waals surface area (Å²) >= 11 is 0. The summed E-state index contributed by atoms with van der Waals surface area (Å²) in [6.45, 7) is 12.3. The van der Waals surface area contributed by atoms with Gasteiger partial charge in [0.2, 0.25) is 0 Å². The molecule has 0 aliphatic rings. The molecule has 0 amide bonds. The third kappa shape index (κ3) is 11.9. The van der Waals surface area contributed by atoms with E-state index in [2.05, 4.69) is 26.1 Å². The molecular weight excluding hydrogens is 166 g/mol. The van der Waals surface area contributed by atoms with Crippen molar-refractivity contribution in [1.29, 1.82) is 0 Å². The lowest BCUT2D eigenvalue weighted by atomic mass is 10.2. The predicted molar refractivity (Wildman–Crippen MR) is 55.1 cm³/mol. The summed E-state index contributed by atoms with van der Waals surface area (Å²) < 4.78 is 10.7. The van der Waals surface area contributed by atoms with Gasteiger partial charge in [0.1, 0.15) is 0 Å². The molecule has 0 rings (SSSR count). The van der Waals surface area contributed by atoms with Crippen LogP contribution < -0.4 is 5.32 Å². The van der Waals surface area contributed by atoms with Gasteiger partial charge in [-0.05, 0) is 27.7 Å².